The lowest BCUT2D eigenvalue weighted by atomic mass is 9.86. The molecule has 2 aliphatic heterocycles. The number of para-hydroxylation sites is 1. The van der Waals surface area contributed by atoms with Crippen LogP contribution >= 0.6 is 0 Å². The number of likely N-dealkylation sites (tertiary alicyclic amines) is 1. The maximum atomic E-state index is 14.7. The molecule has 0 spiro atoms. The summed E-state index contributed by atoms with van der Waals surface area (Å²) in [5.41, 5.74) is 7.55. The van der Waals surface area contributed by atoms with Crippen LogP contribution in [0.4, 0.5) is 0 Å². The minimum Gasteiger partial charge on any atom is -0.379 e. The number of hydrogen-bond donors (Lipinski definition) is 5. The quantitative estimate of drug-likeness (QED) is 0.0761. The van der Waals surface area contributed by atoms with Crippen molar-refractivity contribution in [3.63, 3.8) is 0 Å². The van der Waals surface area contributed by atoms with Crippen molar-refractivity contribution in [1.82, 2.24) is 40.7 Å². The van der Waals surface area contributed by atoms with Crippen molar-refractivity contribution in [2.75, 3.05) is 41.4 Å². The first kappa shape index (κ1) is 61.9. The van der Waals surface area contributed by atoms with Crippen molar-refractivity contribution >= 4 is 64.1 Å². The molecular weight excluding hydrogens is 991 g/mol. The largest absolute Gasteiger partial charge is 0.379 e. The molecule has 6 N–H and O–H groups in total. The Labute approximate surface area is 454 Å². The molecule has 2 aromatic rings. The predicted molar refractivity (Wildman–Crippen MR) is 288 cm³/mol. The lowest BCUT2D eigenvalue weighted by molar-refractivity contribution is -0.201. The smallest absolute Gasteiger partial charge is 0.336 e. The Bertz CT molecular complexity index is 2370. The number of methoxy groups -OCH3 is 2. The van der Waals surface area contributed by atoms with Gasteiger partial charge in [-0.25, -0.2) is 4.79 Å². The fourth-order valence-electron chi connectivity index (χ4n) is 11.6. The van der Waals surface area contributed by atoms with Gasteiger partial charge in [0.15, 0.2) is 0 Å². The number of imide groups is 1. The summed E-state index contributed by atoms with van der Waals surface area (Å²) in [4.78, 5) is 133. The van der Waals surface area contributed by atoms with E-state index in [1.165, 1.54) is 14.2 Å². The number of hydroxylamine groups is 2. The van der Waals surface area contributed by atoms with Gasteiger partial charge in [-0.3, -0.25) is 43.3 Å². The first-order chi connectivity index (χ1) is 36.5. The molecule has 1 aliphatic carbocycles. The fraction of sp³-hybridized carbons (Fsp3) is 0.696. The van der Waals surface area contributed by atoms with E-state index in [2.05, 4.69) is 20.9 Å². The van der Waals surface area contributed by atoms with E-state index >= 15 is 0 Å². The third kappa shape index (κ3) is 15.9. The summed E-state index contributed by atoms with van der Waals surface area (Å²) >= 11 is 0. The molecule has 0 bridgehead atoms. The Balaban J connectivity index is 1.16. The number of benzene rings is 1. The van der Waals surface area contributed by atoms with E-state index in [4.69, 9.17) is 20.0 Å². The Kier molecular flexibility index (Phi) is 23.0. The average molecular weight is 1080 g/mol. The molecule has 0 unspecified atom stereocenters. The number of hydrogen-bond acceptors (Lipinski definition) is 13. The highest BCUT2D eigenvalue weighted by Gasteiger charge is 2.44. The molecule has 5 rings (SSSR count). The van der Waals surface area contributed by atoms with Crippen LogP contribution in [0.15, 0.2) is 30.5 Å². The summed E-state index contributed by atoms with van der Waals surface area (Å²) in [5.74, 6) is -5.59. The van der Waals surface area contributed by atoms with Gasteiger partial charge in [0.05, 0.1) is 48.6 Å². The molecule has 428 valence electrons. The fourth-order valence-corrected chi connectivity index (χ4v) is 11.6. The van der Waals surface area contributed by atoms with Gasteiger partial charge in [-0.05, 0) is 87.9 Å². The number of ether oxygens (including phenoxy) is 2. The summed E-state index contributed by atoms with van der Waals surface area (Å²) in [6, 6.07) is 3.99. The molecule has 1 saturated carbocycles. The van der Waals surface area contributed by atoms with Gasteiger partial charge in [-0.15, -0.1) is 5.06 Å². The second-order valence-electron chi connectivity index (χ2n) is 22.2. The topological polar surface area (TPSA) is 272 Å². The lowest BCUT2D eigenvalue weighted by Gasteiger charge is -2.41. The maximum Gasteiger partial charge on any atom is 0.336 e. The molecule has 0 radical (unpaired) electrons. The number of nitrogens with two attached hydrogens (primary N) is 1. The van der Waals surface area contributed by atoms with Gasteiger partial charge in [0.2, 0.25) is 35.4 Å². The third-order valence-electron chi connectivity index (χ3n) is 16.2. The first-order valence-corrected chi connectivity index (χ1v) is 27.7. The molecule has 2 saturated heterocycles. The van der Waals surface area contributed by atoms with Crippen molar-refractivity contribution in [1.29, 1.82) is 0 Å². The van der Waals surface area contributed by atoms with E-state index in [-0.39, 0.29) is 79.5 Å². The van der Waals surface area contributed by atoms with Crippen molar-refractivity contribution in [3.8, 4) is 0 Å². The molecule has 1 aromatic carbocycles. The number of likely N-dealkylation sites (N-methyl/N-ethyl adjacent to an activating group) is 2. The second kappa shape index (κ2) is 28.6. The molecule has 77 heavy (non-hydrogen) atoms. The molecule has 3 fully saturated rings. The van der Waals surface area contributed by atoms with Crippen molar-refractivity contribution in [2.24, 2.45) is 35.3 Å². The standard InChI is InChI=1S/C56H87N9O12/c1-12-34(6)50(43(75-10)30-47(69)64-28-15-19-42(64)51(76-11)35(7)53(71)60-41(52(57)70)29-37-31-58-40-18-14-13-17-39(37)40)63(9)55(73)48(32(2)3)61-54(72)49(33(4)5)62(8)27-16-20-44(66)59-38-23-21-36(22-24-38)56(74)77-65-45(67)25-26-46(65)68/h13-14,17-18,31-36,38,41-43,48-51,58H,12,15-16,19-30H2,1-11H3,(H2,57,70)(H,59,66)(H,60,71)(H,61,72)/t34-,35+,36?,38?,41-,42-,43+,48-,49-,50-,51+/m0/s1. The summed E-state index contributed by atoms with van der Waals surface area (Å²) in [6.07, 6.45) is 5.13. The molecule has 3 heterocycles. The molecule has 1 aromatic heterocycles. The van der Waals surface area contributed by atoms with Gasteiger partial charge in [-0.2, -0.15) is 0 Å². The lowest BCUT2D eigenvalue weighted by Crippen LogP contribution is -2.60. The monoisotopic (exact) mass is 1080 g/mol. The van der Waals surface area contributed by atoms with Crippen LogP contribution in [-0.4, -0.2) is 168 Å². The first-order valence-electron chi connectivity index (χ1n) is 27.7. The zero-order chi connectivity index (χ0) is 56.8. The van der Waals surface area contributed by atoms with Crippen LogP contribution in [0.25, 0.3) is 10.9 Å². The molecule has 9 atom stereocenters. The van der Waals surface area contributed by atoms with Gasteiger partial charge in [0.25, 0.3) is 11.8 Å². The van der Waals surface area contributed by atoms with E-state index in [0.717, 1.165) is 16.5 Å². The van der Waals surface area contributed by atoms with Gasteiger partial charge < -0.3 is 50.8 Å². The van der Waals surface area contributed by atoms with Crippen LogP contribution in [0.3, 0.4) is 0 Å². The minimum atomic E-state index is -0.985. The normalized spacial score (nSPS) is 21.1. The number of H-pyrrole nitrogens is 1. The number of carbonyl (C=O) groups excluding carboxylic acids is 9. The number of nitrogens with zero attached hydrogens (tertiary/aromatic N) is 4. The number of aromatic nitrogens is 1. The number of nitrogens with one attached hydrogen (secondary N) is 4. The molecule has 8 amide bonds. The van der Waals surface area contributed by atoms with Crippen LogP contribution < -0.4 is 21.7 Å². The zero-order valence-corrected chi connectivity index (χ0v) is 47.3. The zero-order valence-electron chi connectivity index (χ0n) is 47.3. The second-order valence-corrected chi connectivity index (χ2v) is 22.2. The Morgan fingerprint density at radius 1 is 0.857 bits per heavy atom. The molecule has 3 aliphatic rings. The number of primary amides is 1. The summed E-state index contributed by atoms with van der Waals surface area (Å²) < 4.78 is 12.1. The maximum absolute atomic E-state index is 14.7. The van der Waals surface area contributed by atoms with Gasteiger partial charge in [0.1, 0.15) is 12.1 Å². The van der Waals surface area contributed by atoms with Crippen LogP contribution in [0, 0.1) is 29.6 Å². The Hall–Kier alpha value is -5.93. The SMILES string of the molecule is CC[C@H](C)[C@@H]([C@@H](CC(=O)N1CCC[C@H]1[C@H](OC)[C@@H](C)C(=O)N[C@@H](Cc1c[nH]c2ccccc12)C(N)=O)OC)N(C)C(=O)[C@@H](NC(=O)[C@H](C(C)C)N(C)CCCC(=O)NC1CCC(C(=O)ON2C(=O)CCC2=O)CC1)C(C)C. The van der Waals surface area contributed by atoms with E-state index < -0.39 is 83.9 Å². The van der Waals surface area contributed by atoms with Crippen molar-refractivity contribution < 1.29 is 57.5 Å². The number of aromatic amines is 1. The number of fused-ring (bicyclic) bond motifs is 1. The summed E-state index contributed by atoms with van der Waals surface area (Å²) in [5, 5.41) is 10.5. The van der Waals surface area contributed by atoms with Crippen LogP contribution in [-0.2, 0) is 63.9 Å². The van der Waals surface area contributed by atoms with Crippen molar-refractivity contribution in [2.45, 2.75) is 180 Å². The van der Waals surface area contributed by atoms with Crippen LogP contribution in [0.5, 0.6) is 0 Å². The van der Waals surface area contributed by atoms with E-state index in [9.17, 15) is 43.2 Å². The molecule has 21 nitrogen and oxygen atoms in total. The highest BCUT2D eigenvalue weighted by molar-refractivity contribution is 6.01. The summed E-state index contributed by atoms with van der Waals surface area (Å²) in [6.45, 7) is 14.2. The van der Waals surface area contributed by atoms with E-state index in [1.807, 2.05) is 77.8 Å². The number of amides is 8. The van der Waals surface area contributed by atoms with Gasteiger partial charge in [0, 0.05) is 76.6 Å². The van der Waals surface area contributed by atoms with Crippen LogP contribution in [0.2, 0.25) is 0 Å². The van der Waals surface area contributed by atoms with Gasteiger partial charge >= 0.3 is 5.97 Å². The van der Waals surface area contributed by atoms with Crippen molar-refractivity contribution in [3.05, 3.63) is 36.0 Å². The Morgan fingerprint density at radius 3 is 2.12 bits per heavy atom. The number of rotatable bonds is 28. The number of carbonyl (C=O) groups is 9. The van der Waals surface area contributed by atoms with E-state index in [0.29, 0.717) is 69.5 Å². The molecule has 21 heteroatoms. The highest BCUT2D eigenvalue weighted by Crippen LogP contribution is 2.31. The summed E-state index contributed by atoms with van der Waals surface area (Å²) in [7, 11) is 6.54. The van der Waals surface area contributed by atoms with Crippen LogP contribution in [0.1, 0.15) is 131 Å². The molecular formula is C56H87N9O12. The minimum absolute atomic E-state index is 0.0251. The van der Waals surface area contributed by atoms with E-state index in [1.54, 1.807) is 30.0 Å². The average Bonchev–Trinajstić information content (AvgIpc) is 4.14. The highest BCUT2D eigenvalue weighted by atomic mass is 16.7. The predicted octanol–water partition coefficient (Wildman–Crippen LogP) is 3.76. The Morgan fingerprint density at radius 2 is 1.52 bits per heavy atom. The third-order valence-corrected chi connectivity index (χ3v) is 16.2. The van der Waals surface area contributed by atoms with Gasteiger partial charge in [-0.1, -0.05) is 73.1 Å².